The Labute approximate surface area is 286 Å². The van der Waals surface area contributed by atoms with Crippen LogP contribution < -0.4 is 16.4 Å². The van der Waals surface area contributed by atoms with Crippen LogP contribution in [0.4, 0.5) is 0 Å². The Bertz CT molecular complexity index is 1300. The van der Waals surface area contributed by atoms with Crippen molar-refractivity contribution < 1.29 is 79.4 Å². The maximum atomic E-state index is 12.9. The Morgan fingerprint density at radius 3 is 1.98 bits per heavy atom. The molecular formula is C31H47N3O16. The third-order valence-corrected chi connectivity index (χ3v) is 8.13. The summed E-state index contributed by atoms with van der Waals surface area (Å²) in [6, 6.07) is 3.73. The van der Waals surface area contributed by atoms with E-state index in [4.69, 9.17) is 15.2 Å². The number of ether oxygens (including phenoxy) is 2. The zero-order valence-corrected chi connectivity index (χ0v) is 27.4. The lowest BCUT2D eigenvalue weighted by Gasteiger charge is -2.42. The molecule has 282 valence electrons. The Kier molecular flexibility index (Phi) is 16.9. The second kappa shape index (κ2) is 19.8. The highest BCUT2D eigenvalue weighted by Crippen LogP contribution is 2.25. The maximum absolute atomic E-state index is 12.9. The van der Waals surface area contributed by atoms with Gasteiger partial charge in [0.05, 0.1) is 38.3 Å². The van der Waals surface area contributed by atoms with Crippen LogP contribution in [0, 0.1) is 5.92 Å². The van der Waals surface area contributed by atoms with Gasteiger partial charge >= 0.3 is 0 Å². The van der Waals surface area contributed by atoms with Gasteiger partial charge in [0, 0.05) is 18.8 Å². The van der Waals surface area contributed by atoms with Crippen molar-refractivity contribution in [1.82, 2.24) is 10.6 Å². The average molecular weight is 718 g/mol. The lowest BCUT2D eigenvalue weighted by molar-refractivity contribution is -0.326. The zero-order valence-electron chi connectivity index (χ0n) is 27.4. The minimum Gasteiger partial charge on any atom is -0.394 e. The number of primary amides is 1. The molecule has 1 heterocycles. The quantitative estimate of drug-likeness (QED) is 0.0597. The molecule has 1 fully saturated rings. The molecule has 0 saturated carbocycles. The summed E-state index contributed by atoms with van der Waals surface area (Å²) in [6.07, 6.45) is -19.1. The molecule has 0 aromatic heterocycles. The smallest absolute Gasteiger partial charge is 0.252 e. The first-order valence-corrected chi connectivity index (χ1v) is 15.7. The van der Waals surface area contributed by atoms with Crippen molar-refractivity contribution in [3.8, 4) is 0 Å². The van der Waals surface area contributed by atoms with E-state index < -0.39 is 128 Å². The number of nitrogens with two attached hydrogens (primary N) is 1. The molecule has 1 aromatic rings. The number of amides is 3. The van der Waals surface area contributed by atoms with Crippen LogP contribution in [0.5, 0.6) is 0 Å². The van der Waals surface area contributed by atoms with Gasteiger partial charge in [-0.15, -0.1) is 0 Å². The molecule has 1 aliphatic heterocycles. The Balaban J connectivity index is 2.01. The summed E-state index contributed by atoms with van der Waals surface area (Å²) < 4.78 is 10.4. The Morgan fingerprint density at radius 2 is 1.44 bits per heavy atom. The highest BCUT2D eigenvalue weighted by molar-refractivity contribution is 5.96. The largest absolute Gasteiger partial charge is 0.394 e. The van der Waals surface area contributed by atoms with Gasteiger partial charge in [-0.1, -0.05) is 31.2 Å². The molecule has 0 aliphatic carbocycles. The molecule has 19 heteroatoms. The maximum Gasteiger partial charge on any atom is 0.252 e. The average Bonchev–Trinajstić information content (AvgIpc) is 3.08. The molecule has 3 amide bonds. The summed E-state index contributed by atoms with van der Waals surface area (Å²) in [5.74, 6) is -5.36. The van der Waals surface area contributed by atoms with Crippen molar-refractivity contribution in [1.29, 1.82) is 0 Å². The molecule has 1 saturated heterocycles. The van der Waals surface area contributed by atoms with E-state index in [-0.39, 0.29) is 13.0 Å². The van der Waals surface area contributed by atoms with Gasteiger partial charge in [-0.2, -0.15) is 0 Å². The molecule has 1 aliphatic rings. The van der Waals surface area contributed by atoms with E-state index in [1.54, 1.807) is 24.3 Å². The van der Waals surface area contributed by atoms with Gasteiger partial charge in [0.1, 0.15) is 42.7 Å². The summed E-state index contributed by atoms with van der Waals surface area (Å²) in [5.41, 5.74) is 6.43. The van der Waals surface area contributed by atoms with Crippen molar-refractivity contribution in [2.24, 2.45) is 11.7 Å². The monoisotopic (exact) mass is 717 g/mol. The summed E-state index contributed by atoms with van der Waals surface area (Å²) in [6.45, 7) is 0.416. The molecule has 1 aromatic carbocycles. The first-order chi connectivity index (χ1) is 23.4. The lowest BCUT2D eigenvalue weighted by Crippen LogP contribution is -2.62. The predicted molar refractivity (Wildman–Crippen MR) is 167 cm³/mol. The number of aliphatic hydroxyl groups excluding tert-OH is 9. The van der Waals surface area contributed by atoms with Gasteiger partial charge in [-0.3, -0.25) is 24.0 Å². The van der Waals surface area contributed by atoms with Gasteiger partial charge < -0.3 is 71.8 Å². The lowest BCUT2D eigenvalue weighted by atomic mass is 9.96. The highest BCUT2D eigenvalue weighted by Gasteiger charge is 2.47. The number of benzene rings is 1. The molecule has 2 rings (SSSR count). The molecule has 0 radical (unpaired) electrons. The number of ketones is 2. The molecule has 0 spiro atoms. The Hall–Kier alpha value is -3.47. The van der Waals surface area contributed by atoms with Gasteiger partial charge in [0.25, 0.3) is 5.91 Å². The minimum absolute atomic E-state index is 0.168. The van der Waals surface area contributed by atoms with Crippen LogP contribution in [0.1, 0.15) is 37.8 Å². The molecule has 13 N–H and O–H groups in total. The van der Waals surface area contributed by atoms with Gasteiger partial charge in [-0.05, 0) is 18.1 Å². The van der Waals surface area contributed by atoms with E-state index in [0.29, 0.717) is 11.1 Å². The van der Waals surface area contributed by atoms with Crippen LogP contribution in [0.15, 0.2) is 24.3 Å². The van der Waals surface area contributed by atoms with E-state index in [9.17, 15) is 69.9 Å². The van der Waals surface area contributed by atoms with Crippen molar-refractivity contribution >= 4 is 29.3 Å². The van der Waals surface area contributed by atoms with Crippen molar-refractivity contribution in [2.45, 2.75) is 107 Å². The highest BCUT2D eigenvalue weighted by atomic mass is 16.7. The first kappa shape index (κ1) is 42.7. The van der Waals surface area contributed by atoms with Crippen LogP contribution in [0.3, 0.4) is 0 Å². The topological polar surface area (TPSA) is 336 Å². The van der Waals surface area contributed by atoms with Crippen LogP contribution in [-0.4, -0.2) is 156 Å². The van der Waals surface area contributed by atoms with E-state index in [0.717, 1.165) is 0 Å². The number of rotatable bonds is 20. The summed E-state index contributed by atoms with van der Waals surface area (Å²) >= 11 is 0. The van der Waals surface area contributed by atoms with Crippen molar-refractivity contribution in [2.75, 3.05) is 13.2 Å². The number of Topliss-reactive ketones (excluding diaryl/α,β-unsaturated/α-hetero) is 2. The summed E-state index contributed by atoms with van der Waals surface area (Å²) in [4.78, 5) is 63.1. The molecule has 0 bridgehead atoms. The number of carbonyl (C=O) groups is 5. The number of nitrogens with one attached hydrogen (secondary N) is 2. The molecule has 3 unspecified atom stereocenters. The second-order valence-electron chi connectivity index (χ2n) is 12.1. The van der Waals surface area contributed by atoms with Gasteiger partial charge in [0.2, 0.25) is 11.8 Å². The summed E-state index contributed by atoms with van der Waals surface area (Å²) in [5, 5.41) is 94.1. The normalized spacial score (nSPS) is 24.9. The number of carbonyl (C=O) groups excluding carboxylic acids is 5. The summed E-state index contributed by atoms with van der Waals surface area (Å²) in [7, 11) is 0. The Morgan fingerprint density at radius 1 is 0.840 bits per heavy atom. The molecule has 12 atom stereocenters. The predicted octanol–water partition coefficient (Wildman–Crippen LogP) is -5.99. The third kappa shape index (κ3) is 11.8. The fraction of sp³-hybridized carbons (Fsp3) is 0.645. The van der Waals surface area contributed by atoms with Crippen LogP contribution in [-0.2, 0) is 46.5 Å². The second-order valence-corrected chi connectivity index (χ2v) is 12.1. The van der Waals surface area contributed by atoms with Gasteiger partial charge in [-0.25, -0.2) is 0 Å². The van der Waals surface area contributed by atoms with E-state index in [1.165, 1.54) is 13.8 Å². The standard InChI is InChI=1S/C31H47N3O16/c1-13(29(47)34-17(9-22(32)41)19(39)8-15-3-5-16(10-35)6-4-15)7-18(38)14(2)33-30(48)26(45)25(44)28(20(40)11-36)50-31-27(46)24(43)23(42)21(12-37)49-31/h3-6,13-14,17,20-21,23-28,31,35-37,40,42-46H,7-12H2,1-2H3,(H2,32,41)(H,33,48)(H,34,47)/t13?,14?,17?,20-,21-,23+,24+,25+,26-,27-,28+,31+/m1/s1. The molecular weight excluding hydrogens is 670 g/mol. The molecule has 19 nitrogen and oxygen atoms in total. The number of hydrogen-bond acceptors (Lipinski definition) is 16. The fourth-order valence-corrected chi connectivity index (χ4v) is 4.97. The van der Waals surface area contributed by atoms with Crippen LogP contribution in [0.2, 0.25) is 0 Å². The number of hydrogen-bond donors (Lipinski definition) is 12. The SMILES string of the molecule is CC(CC(=O)C(C)NC(=O)[C@H](O)[C@H](O)[C@@H](O[C@@H]1O[C@H](CO)[C@H](O)[C@H](O)[C@H]1O)[C@H](O)CO)C(=O)NC(CC(N)=O)C(=O)Cc1ccc(CO)cc1. The molecule has 50 heavy (non-hydrogen) atoms. The first-order valence-electron chi connectivity index (χ1n) is 15.7. The van der Waals surface area contributed by atoms with Crippen LogP contribution in [0.25, 0.3) is 0 Å². The van der Waals surface area contributed by atoms with E-state index in [1.807, 2.05) is 0 Å². The van der Waals surface area contributed by atoms with Crippen molar-refractivity contribution in [3.63, 3.8) is 0 Å². The van der Waals surface area contributed by atoms with E-state index >= 15 is 0 Å². The number of aliphatic hydroxyl groups is 9. The van der Waals surface area contributed by atoms with Gasteiger partial charge in [0.15, 0.2) is 24.0 Å². The van der Waals surface area contributed by atoms with E-state index in [2.05, 4.69) is 10.6 Å². The fourth-order valence-electron chi connectivity index (χ4n) is 4.97. The third-order valence-electron chi connectivity index (χ3n) is 8.13. The van der Waals surface area contributed by atoms with Crippen LogP contribution >= 0.6 is 0 Å². The minimum atomic E-state index is -2.43. The van der Waals surface area contributed by atoms with Crippen molar-refractivity contribution in [3.05, 3.63) is 35.4 Å². The zero-order chi connectivity index (χ0) is 37.9.